The van der Waals surface area contributed by atoms with E-state index in [1.54, 1.807) is 0 Å². The van der Waals surface area contributed by atoms with E-state index in [2.05, 4.69) is 34.2 Å². The summed E-state index contributed by atoms with van der Waals surface area (Å²) >= 11 is 0. The minimum Gasteiger partial charge on any atom is -0.383 e. The Hall–Kier alpha value is -3.17. The van der Waals surface area contributed by atoms with Gasteiger partial charge in [-0.1, -0.05) is 24.6 Å². The van der Waals surface area contributed by atoms with E-state index >= 15 is 0 Å². The highest BCUT2D eigenvalue weighted by molar-refractivity contribution is 5.92. The molecular formula is C23H23N5O. The molecule has 3 aromatic rings. The molecule has 6 nitrogen and oxygen atoms in total. The number of morpholine rings is 1. The molecule has 0 amide bonds. The van der Waals surface area contributed by atoms with Gasteiger partial charge in [0.05, 0.1) is 18.7 Å². The first-order valence-corrected chi connectivity index (χ1v) is 10.2. The van der Waals surface area contributed by atoms with Crippen molar-refractivity contribution in [1.82, 2.24) is 9.97 Å². The number of fused-ring (bicyclic) bond motifs is 1. The zero-order chi connectivity index (χ0) is 19.8. The van der Waals surface area contributed by atoms with Crippen LogP contribution in [-0.4, -0.2) is 36.3 Å². The topological polar surface area (TPSA) is 88.1 Å². The Bertz CT molecular complexity index is 1110. The lowest BCUT2D eigenvalue weighted by atomic mass is 9.81. The van der Waals surface area contributed by atoms with Gasteiger partial charge in [-0.15, -0.1) is 0 Å². The van der Waals surface area contributed by atoms with Crippen molar-refractivity contribution in [2.45, 2.75) is 25.2 Å². The van der Waals surface area contributed by atoms with Gasteiger partial charge in [0.25, 0.3) is 0 Å². The van der Waals surface area contributed by atoms with E-state index < -0.39 is 0 Å². The van der Waals surface area contributed by atoms with Crippen LogP contribution < -0.4 is 10.6 Å². The molecule has 1 aliphatic carbocycles. The van der Waals surface area contributed by atoms with E-state index in [-0.39, 0.29) is 0 Å². The maximum Gasteiger partial charge on any atom is 0.142 e. The zero-order valence-electron chi connectivity index (χ0n) is 16.3. The van der Waals surface area contributed by atoms with Crippen LogP contribution in [-0.2, 0) is 4.74 Å². The van der Waals surface area contributed by atoms with E-state index in [1.165, 1.54) is 6.42 Å². The molecular weight excluding hydrogens is 362 g/mol. The minimum absolute atomic E-state index is 0.313. The summed E-state index contributed by atoms with van der Waals surface area (Å²) < 4.78 is 5.54. The molecule has 0 spiro atoms. The van der Waals surface area contributed by atoms with Crippen LogP contribution in [0.2, 0.25) is 0 Å². The molecule has 2 fully saturated rings. The maximum absolute atomic E-state index is 9.85. The zero-order valence-corrected chi connectivity index (χ0v) is 16.3. The van der Waals surface area contributed by atoms with Gasteiger partial charge in [-0.25, -0.2) is 9.97 Å². The van der Waals surface area contributed by atoms with Crippen molar-refractivity contribution in [2.75, 3.05) is 36.9 Å². The lowest BCUT2D eigenvalue weighted by Gasteiger charge is -2.30. The Labute approximate surface area is 169 Å². The Morgan fingerprint density at radius 3 is 2.59 bits per heavy atom. The molecule has 6 heteroatoms. The third kappa shape index (κ3) is 3.18. The molecule has 0 unspecified atom stereocenters. The Kier molecular flexibility index (Phi) is 4.53. The number of benzene rings is 1. The van der Waals surface area contributed by atoms with Crippen LogP contribution in [0.25, 0.3) is 22.0 Å². The Balaban J connectivity index is 1.75. The van der Waals surface area contributed by atoms with Gasteiger partial charge in [0.15, 0.2) is 0 Å². The van der Waals surface area contributed by atoms with Gasteiger partial charge in [0.2, 0.25) is 0 Å². The van der Waals surface area contributed by atoms with Gasteiger partial charge in [0.1, 0.15) is 23.3 Å². The summed E-state index contributed by atoms with van der Waals surface area (Å²) in [5, 5.41) is 10.9. The van der Waals surface area contributed by atoms with Crippen molar-refractivity contribution in [1.29, 1.82) is 5.26 Å². The molecule has 2 aliphatic rings. The number of hydrogen-bond acceptors (Lipinski definition) is 6. The molecule has 1 aromatic carbocycles. The van der Waals surface area contributed by atoms with Crippen LogP contribution in [0.1, 0.15) is 36.4 Å². The fourth-order valence-corrected chi connectivity index (χ4v) is 4.15. The molecule has 146 valence electrons. The standard InChI is InChI=1S/C23H23N5O/c24-14-19-17(13-21(26-22(19)25)15-5-3-6-15)18-12-16-4-1-2-7-20(16)27-23(18)28-8-10-29-11-9-28/h1-2,4,7,12-13,15H,3,5-6,8-11H2,(H2,25,26). The summed E-state index contributed by atoms with van der Waals surface area (Å²) in [5.41, 5.74) is 10.4. The summed E-state index contributed by atoms with van der Waals surface area (Å²) in [5.74, 6) is 1.63. The van der Waals surface area contributed by atoms with E-state index in [9.17, 15) is 5.26 Å². The van der Waals surface area contributed by atoms with Gasteiger partial charge in [-0.2, -0.15) is 5.26 Å². The summed E-state index contributed by atoms with van der Waals surface area (Å²) in [6.07, 6.45) is 3.48. The van der Waals surface area contributed by atoms with E-state index in [0.29, 0.717) is 30.5 Å². The number of nitrogens with zero attached hydrogens (tertiary/aromatic N) is 4. The van der Waals surface area contributed by atoms with Gasteiger partial charge in [-0.05, 0) is 31.0 Å². The van der Waals surface area contributed by atoms with E-state index in [1.807, 2.05) is 18.2 Å². The number of anilines is 2. The lowest BCUT2D eigenvalue weighted by molar-refractivity contribution is 0.122. The summed E-state index contributed by atoms with van der Waals surface area (Å²) in [7, 11) is 0. The molecule has 1 aliphatic heterocycles. The van der Waals surface area contributed by atoms with Gasteiger partial charge in [0, 0.05) is 41.2 Å². The van der Waals surface area contributed by atoms with Crippen molar-refractivity contribution in [2.24, 2.45) is 0 Å². The highest BCUT2D eigenvalue weighted by Crippen LogP contribution is 2.41. The number of ether oxygens (including phenoxy) is 1. The van der Waals surface area contributed by atoms with Crippen LogP contribution in [0.4, 0.5) is 11.6 Å². The second-order valence-electron chi connectivity index (χ2n) is 7.75. The van der Waals surface area contributed by atoms with Crippen LogP contribution in [0.5, 0.6) is 0 Å². The molecule has 5 rings (SSSR count). The number of para-hydroxylation sites is 1. The average molecular weight is 385 g/mol. The lowest BCUT2D eigenvalue weighted by Crippen LogP contribution is -2.37. The molecule has 1 saturated carbocycles. The summed E-state index contributed by atoms with van der Waals surface area (Å²) in [6.45, 7) is 2.89. The fraction of sp³-hybridized carbons (Fsp3) is 0.348. The summed E-state index contributed by atoms with van der Waals surface area (Å²) in [4.78, 5) is 11.8. The van der Waals surface area contributed by atoms with Crippen LogP contribution in [0.3, 0.4) is 0 Å². The third-order valence-electron chi connectivity index (χ3n) is 6.01. The molecule has 3 heterocycles. The van der Waals surface area contributed by atoms with Crippen molar-refractivity contribution in [3.63, 3.8) is 0 Å². The predicted molar refractivity (Wildman–Crippen MR) is 114 cm³/mol. The monoisotopic (exact) mass is 385 g/mol. The second kappa shape index (κ2) is 7.34. The number of nitriles is 1. The first-order chi connectivity index (χ1) is 14.2. The smallest absolute Gasteiger partial charge is 0.142 e. The molecule has 0 atom stereocenters. The van der Waals surface area contributed by atoms with Crippen LogP contribution in [0.15, 0.2) is 36.4 Å². The molecule has 2 N–H and O–H groups in total. The average Bonchev–Trinajstić information content (AvgIpc) is 2.72. The van der Waals surface area contributed by atoms with Gasteiger partial charge >= 0.3 is 0 Å². The first-order valence-electron chi connectivity index (χ1n) is 10.2. The van der Waals surface area contributed by atoms with Gasteiger partial charge < -0.3 is 15.4 Å². The molecule has 29 heavy (non-hydrogen) atoms. The SMILES string of the molecule is N#Cc1c(-c2cc3ccccc3nc2N2CCOCC2)cc(C2CCC2)nc1N. The number of nitrogens with two attached hydrogens (primary N) is 1. The van der Waals surface area contributed by atoms with E-state index in [4.69, 9.17) is 15.5 Å². The number of aromatic nitrogens is 2. The first kappa shape index (κ1) is 17.9. The molecule has 0 bridgehead atoms. The van der Waals surface area contributed by atoms with Gasteiger partial charge in [-0.3, -0.25) is 0 Å². The number of nitrogen functional groups attached to an aromatic ring is 1. The van der Waals surface area contributed by atoms with Crippen molar-refractivity contribution < 1.29 is 4.74 Å². The quantitative estimate of drug-likeness (QED) is 0.737. The Morgan fingerprint density at radius 2 is 1.86 bits per heavy atom. The van der Waals surface area contributed by atoms with Crippen LogP contribution in [0, 0.1) is 11.3 Å². The van der Waals surface area contributed by atoms with Crippen molar-refractivity contribution in [3.8, 4) is 17.2 Å². The number of rotatable bonds is 3. The number of pyridine rings is 2. The normalized spacial score (nSPS) is 17.1. The number of hydrogen-bond donors (Lipinski definition) is 1. The summed E-state index contributed by atoms with van der Waals surface area (Å²) in [6, 6.07) is 14.6. The van der Waals surface area contributed by atoms with Crippen molar-refractivity contribution >= 4 is 22.5 Å². The predicted octanol–water partition coefficient (Wildman–Crippen LogP) is 3.85. The van der Waals surface area contributed by atoms with E-state index in [0.717, 1.165) is 59.5 Å². The molecule has 1 saturated heterocycles. The third-order valence-corrected chi connectivity index (χ3v) is 6.01. The fourth-order valence-electron chi connectivity index (χ4n) is 4.15. The maximum atomic E-state index is 9.85. The minimum atomic E-state index is 0.313. The highest BCUT2D eigenvalue weighted by Gasteiger charge is 2.26. The Morgan fingerprint density at radius 1 is 1.07 bits per heavy atom. The molecule has 2 aromatic heterocycles. The van der Waals surface area contributed by atoms with Crippen LogP contribution >= 0.6 is 0 Å². The highest BCUT2D eigenvalue weighted by atomic mass is 16.5. The largest absolute Gasteiger partial charge is 0.383 e. The second-order valence-corrected chi connectivity index (χ2v) is 7.75. The molecule has 0 radical (unpaired) electrons. The van der Waals surface area contributed by atoms with Crippen molar-refractivity contribution in [3.05, 3.63) is 47.7 Å².